The Morgan fingerprint density at radius 1 is 0.919 bits per heavy atom. The minimum atomic E-state index is -0.345. The van der Waals surface area contributed by atoms with E-state index in [2.05, 4.69) is 0 Å². The molecule has 10 heteroatoms. The Hall–Kier alpha value is -2.09. The molecular formula is C27H24Cl5FN2O2. The van der Waals surface area contributed by atoms with Crippen LogP contribution in [0.1, 0.15) is 22.8 Å². The molecule has 0 bridgehead atoms. The van der Waals surface area contributed by atoms with Crippen molar-refractivity contribution in [1.82, 2.24) is 4.57 Å². The number of allylic oxidation sites excluding steroid dienone is 1. The summed E-state index contributed by atoms with van der Waals surface area (Å²) in [4.78, 5) is 0. The Kier molecular flexibility index (Phi) is 12.4. The van der Waals surface area contributed by atoms with Gasteiger partial charge in [0.05, 0.1) is 6.61 Å². The highest BCUT2D eigenvalue weighted by Gasteiger charge is 2.20. The number of imidazole rings is 1. The SMILES string of the molecule is Fc1ccc(/C=C/C[n+]2ccn(CC(OCc3ccc(Cl)cc3Cl)c3ccc(Cl)cc3Cl)c2)cc1.O.[Cl-]. The molecule has 4 rings (SSSR count). The summed E-state index contributed by atoms with van der Waals surface area (Å²) in [5.74, 6) is -0.246. The number of aromatic nitrogens is 2. The van der Waals surface area contributed by atoms with Gasteiger partial charge in [-0.3, -0.25) is 0 Å². The first-order valence-corrected chi connectivity index (χ1v) is 12.4. The van der Waals surface area contributed by atoms with Crippen LogP contribution < -0.4 is 17.0 Å². The lowest BCUT2D eigenvalue weighted by atomic mass is 10.1. The minimum absolute atomic E-state index is 0. The standard InChI is InChI=1S/C27H22Cl4FN2O.ClH.H2O/c28-21-6-5-20(25(30)14-21)17-35-27(24-10-7-22(29)15-26(24)31)16-34-13-12-33(18-34)11-1-2-19-3-8-23(32)9-4-19;;/h1-10,12-15,18,27H,11,16-17H2;1H;1H2/q+1;;/p-1/b2-1+;;. The van der Waals surface area contributed by atoms with Gasteiger partial charge >= 0.3 is 0 Å². The highest BCUT2D eigenvalue weighted by atomic mass is 35.5. The van der Waals surface area contributed by atoms with Gasteiger partial charge in [0.1, 0.15) is 37.4 Å². The van der Waals surface area contributed by atoms with Crippen LogP contribution in [0.5, 0.6) is 0 Å². The van der Waals surface area contributed by atoms with Crippen molar-refractivity contribution < 1.29 is 31.6 Å². The van der Waals surface area contributed by atoms with E-state index in [0.29, 0.717) is 39.8 Å². The number of hydrogen-bond acceptors (Lipinski definition) is 1. The zero-order chi connectivity index (χ0) is 24.8. The summed E-state index contributed by atoms with van der Waals surface area (Å²) < 4.78 is 23.4. The maximum atomic E-state index is 13.1. The van der Waals surface area contributed by atoms with Gasteiger partial charge in [0.2, 0.25) is 6.33 Å². The largest absolute Gasteiger partial charge is 1.00 e. The molecule has 0 saturated heterocycles. The van der Waals surface area contributed by atoms with Crippen LogP contribution in [0.2, 0.25) is 20.1 Å². The van der Waals surface area contributed by atoms with Gasteiger partial charge < -0.3 is 22.6 Å². The quantitative estimate of drug-likeness (QED) is 0.262. The fraction of sp³-hybridized carbons (Fsp3) is 0.148. The van der Waals surface area contributed by atoms with E-state index in [1.54, 1.807) is 36.4 Å². The van der Waals surface area contributed by atoms with E-state index in [4.69, 9.17) is 51.1 Å². The molecule has 0 amide bonds. The van der Waals surface area contributed by atoms with E-state index in [0.717, 1.165) is 16.7 Å². The van der Waals surface area contributed by atoms with Crippen molar-refractivity contribution >= 4 is 52.5 Å². The summed E-state index contributed by atoms with van der Waals surface area (Å²) >= 11 is 25.0. The van der Waals surface area contributed by atoms with Crippen LogP contribution in [0.3, 0.4) is 0 Å². The summed E-state index contributed by atoms with van der Waals surface area (Å²) in [5, 5.41) is 2.21. The third-order valence-electron chi connectivity index (χ3n) is 5.38. The number of benzene rings is 3. The summed E-state index contributed by atoms with van der Waals surface area (Å²) in [6.45, 7) is 1.49. The van der Waals surface area contributed by atoms with Crippen LogP contribution in [0, 0.1) is 5.82 Å². The van der Waals surface area contributed by atoms with Gasteiger partial charge in [-0.2, -0.15) is 0 Å². The van der Waals surface area contributed by atoms with Crippen LogP contribution in [0.15, 0.2) is 85.5 Å². The molecule has 4 aromatic rings. The monoisotopic (exact) mass is 602 g/mol. The molecule has 37 heavy (non-hydrogen) atoms. The molecule has 0 aliphatic heterocycles. The Morgan fingerprint density at radius 3 is 2.27 bits per heavy atom. The molecule has 0 spiro atoms. The van der Waals surface area contributed by atoms with E-state index >= 15 is 0 Å². The highest BCUT2D eigenvalue weighted by molar-refractivity contribution is 6.35. The second-order valence-electron chi connectivity index (χ2n) is 7.96. The maximum Gasteiger partial charge on any atom is 0.244 e. The van der Waals surface area contributed by atoms with Crippen molar-refractivity contribution in [3.63, 3.8) is 0 Å². The molecule has 1 aromatic heterocycles. The van der Waals surface area contributed by atoms with Crippen LogP contribution in [0.4, 0.5) is 4.39 Å². The predicted octanol–water partition coefficient (Wildman–Crippen LogP) is 4.38. The normalized spacial score (nSPS) is 11.7. The van der Waals surface area contributed by atoms with Crippen molar-refractivity contribution in [3.05, 3.63) is 128 Å². The van der Waals surface area contributed by atoms with E-state index in [1.165, 1.54) is 12.1 Å². The molecular weight excluding hydrogens is 581 g/mol. The number of ether oxygens (including phenoxy) is 1. The first-order valence-electron chi connectivity index (χ1n) is 10.8. The number of halogens is 6. The second-order valence-corrected chi connectivity index (χ2v) is 9.65. The highest BCUT2D eigenvalue weighted by Crippen LogP contribution is 2.31. The van der Waals surface area contributed by atoms with Crippen molar-refractivity contribution in [3.8, 4) is 0 Å². The van der Waals surface area contributed by atoms with E-state index in [1.807, 2.05) is 52.1 Å². The number of nitrogens with zero attached hydrogens (tertiary/aromatic N) is 2. The van der Waals surface area contributed by atoms with E-state index in [9.17, 15) is 4.39 Å². The molecule has 2 N–H and O–H groups in total. The van der Waals surface area contributed by atoms with Crippen molar-refractivity contribution in [1.29, 1.82) is 0 Å². The van der Waals surface area contributed by atoms with Crippen LogP contribution in [-0.4, -0.2) is 10.0 Å². The van der Waals surface area contributed by atoms with Crippen LogP contribution in [0.25, 0.3) is 6.08 Å². The Bertz CT molecular complexity index is 1330. The summed E-state index contributed by atoms with van der Waals surface area (Å²) in [5.41, 5.74) is 2.61. The second kappa shape index (κ2) is 14.7. The zero-order valence-electron chi connectivity index (χ0n) is 19.4. The van der Waals surface area contributed by atoms with Gasteiger partial charge in [-0.25, -0.2) is 13.5 Å². The predicted molar refractivity (Wildman–Crippen MR) is 144 cm³/mol. The smallest absolute Gasteiger partial charge is 0.244 e. The topological polar surface area (TPSA) is 49.5 Å². The van der Waals surface area contributed by atoms with Gasteiger partial charge in [-0.1, -0.05) is 76.7 Å². The van der Waals surface area contributed by atoms with E-state index < -0.39 is 0 Å². The third-order valence-corrected chi connectivity index (χ3v) is 6.53. The van der Waals surface area contributed by atoms with Crippen molar-refractivity contribution in [2.45, 2.75) is 25.8 Å². The average Bonchev–Trinajstić information content (AvgIpc) is 3.26. The minimum Gasteiger partial charge on any atom is -1.00 e. The fourth-order valence-corrected chi connectivity index (χ4v) is 4.56. The lowest BCUT2D eigenvalue weighted by Gasteiger charge is -2.19. The molecule has 1 atom stereocenters. The number of hydrogen-bond donors (Lipinski definition) is 0. The average molecular weight is 605 g/mol. The lowest BCUT2D eigenvalue weighted by Crippen LogP contribution is -3.00. The van der Waals surface area contributed by atoms with Gasteiger partial charge in [0.15, 0.2) is 0 Å². The maximum absolute atomic E-state index is 13.1. The molecule has 1 heterocycles. The molecule has 0 aliphatic carbocycles. The Balaban J connectivity index is 0.00000241. The van der Waals surface area contributed by atoms with Gasteiger partial charge in [-0.05, 0) is 53.6 Å². The molecule has 4 nitrogen and oxygen atoms in total. The lowest BCUT2D eigenvalue weighted by molar-refractivity contribution is -0.686. The number of rotatable bonds is 9. The molecule has 0 fully saturated rings. The molecule has 0 aliphatic rings. The zero-order valence-corrected chi connectivity index (χ0v) is 23.2. The first-order chi connectivity index (χ1) is 16.9. The van der Waals surface area contributed by atoms with E-state index in [-0.39, 0.29) is 29.8 Å². The summed E-state index contributed by atoms with van der Waals surface area (Å²) in [7, 11) is 0. The molecule has 0 radical (unpaired) electrons. The summed E-state index contributed by atoms with van der Waals surface area (Å²) in [6, 6.07) is 17.1. The van der Waals surface area contributed by atoms with Crippen molar-refractivity contribution in [2.24, 2.45) is 0 Å². The third kappa shape index (κ3) is 9.01. The summed E-state index contributed by atoms with van der Waals surface area (Å²) in [6.07, 6.45) is 9.57. The Labute approximate surface area is 241 Å². The van der Waals surface area contributed by atoms with Gasteiger partial charge in [-0.15, -0.1) is 0 Å². The van der Waals surface area contributed by atoms with Gasteiger partial charge in [0, 0.05) is 25.7 Å². The first kappa shape index (κ1) is 31.1. The Morgan fingerprint density at radius 2 is 1.59 bits per heavy atom. The van der Waals surface area contributed by atoms with Crippen molar-refractivity contribution in [2.75, 3.05) is 0 Å². The van der Waals surface area contributed by atoms with Gasteiger partial charge in [0.25, 0.3) is 0 Å². The van der Waals surface area contributed by atoms with Crippen LogP contribution in [-0.2, 0) is 24.4 Å². The molecule has 196 valence electrons. The fourth-order valence-electron chi connectivity index (χ4n) is 3.56. The van der Waals surface area contributed by atoms with Crippen LogP contribution >= 0.6 is 46.4 Å². The molecule has 3 aromatic carbocycles. The molecule has 1 unspecified atom stereocenters. The molecule has 0 saturated carbocycles.